The number of hydrogen-bond donors (Lipinski definition) is 1. The Balaban J connectivity index is 1.84. The molecule has 1 aromatic heterocycles. The lowest BCUT2D eigenvalue weighted by molar-refractivity contribution is -0.146. The predicted octanol–water partition coefficient (Wildman–Crippen LogP) is 2.02. The van der Waals surface area contributed by atoms with Crippen molar-refractivity contribution in [2.24, 2.45) is 10.9 Å². The lowest BCUT2D eigenvalue weighted by atomic mass is 9.97. The van der Waals surface area contributed by atoms with Crippen LogP contribution >= 0.6 is 11.3 Å². The number of likely N-dealkylation sites (tertiary alicyclic amines) is 1. The van der Waals surface area contributed by atoms with Crippen molar-refractivity contribution in [2.75, 3.05) is 27.2 Å². The Morgan fingerprint density at radius 1 is 1.48 bits per heavy atom. The number of hydrogen-bond acceptors (Lipinski definition) is 4. The van der Waals surface area contributed by atoms with E-state index in [-0.39, 0.29) is 11.9 Å². The molecule has 1 aliphatic heterocycles. The molecule has 0 amide bonds. The molecule has 2 rings (SSSR count). The van der Waals surface area contributed by atoms with Gasteiger partial charge in [0.2, 0.25) is 0 Å². The number of rotatable bonds is 3. The van der Waals surface area contributed by atoms with Crippen molar-refractivity contribution < 1.29 is 9.53 Å². The Morgan fingerprint density at radius 3 is 2.71 bits per heavy atom. The maximum atomic E-state index is 11.5. The fourth-order valence-corrected chi connectivity index (χ4v) is 3.40. The quantitative estimate of drug-likeness (QED) is 0.527. The van der Waals surface area contributed by atoms with Gasteiger partial charge < -0.3 is 15.0 Å². The molecule has 1 aliphatic rings. The van der Waals surface area contributed by atoms with Crippen LogP contribution in [0.2, 0.25) is 0 Å². The van der Waals surface area contributed by atoms with E-state index in [1.165, 1.54) is 16.9 Å². The fraction of sp³-hybridized carbons (Fsp3) is 0.600. The number of ether oxygens (including phenoxy) is 1. The largest absolute Gasteiger partial charge is 0.469 e. The van der Waals surface area contributed by atoms with E-state index in [4.69, 9.17) is 4.74 Å². The Morgan fingerprint density at radius 2 is 2.19 bits per heavy atom. The van der Waals surface area contributed by atoms with E-state index in [1.54, 1.807) is 18.4 Å². The number of guanidine groups is 1. The monoisotopic (exact) mass is 309 g/mol. The van der Waals surface area contributed by atoms with Gasteiger partial charge in [0.05, 0.1) is 19.6 Å². The second kappa shape index (κ2) is 7.45. The van der Waals surface area contributed by atoms with Gasteiger partial charge in [-0.3, -0.25) is 9.79 Å². The van der Waals surface area contributed by atoms with Crippen LogP contribution in [0.15, 0.2) is 17.1 Å². The second-order valence-electron chi connectivity index (χ2n) is 5.20. The van der Waals surface area contributed by atoms with Crippen LogP contribution in [0.1, 0.15) is 22.6 Å². The first-order valence-corrected chi connectivity index (χ1v) is 8.04. The third-order valence-electron chi connectivity index (χ3n) is 3.76. The Bertz CT molecular complexity index is 505. The highest BCUT2D eigenvalue weighted by molar-refractivity contribution is 7.11. The van der Waals surface area contributed by atoms with Gasteiger partial charge in [0.1, 0.15) is 0 Å². The Kier molecular flexibility index (Phi) is 5.61. The molecule has 0 radical (unpaired) electrons. The molecule has 6 heteroatoms. The molecule has 2 heterocycles. The molecule has 1 N–H and O–H groups in total. The first-order valence-electron chi connectivity index (χ1n) is 7.22. The zero-order valence-corrected chi connectivity index (χ0v) is 13.7. The normalized spacial score (nSPS) is 16.9. The van der Waals surface area contributed by atoms with Gasteiger partial charge in [-0.05, 0) is 31.9 Å². The molecule has 0 bridgehead atoms. The SMILES string of the molecule is CN=C(NCc1ccc(C)s1)N1CCC(C(=O)OC)CC1. The molecular weight excluding hydrogens is 286 g/mol. The van der Waals surface area contributed by atoms with Gasteiger partial charge >= 0.3 is 5.97 Å². The second-order valence-corrected chi connectivity index (χ2v) is 6.57. The molecule has 0 unspecified atom stereocenters. The van der Waals surface area contributed by atoms with Gasteiger partial charge in [0, 0.05) is 29.9 Å². The number of carbonyl (C=O) groups excluding carboxylic acids is 1. The highest BCUT2D eigenvalue weighted by Gasteiger charge is 2.26. The van der Waals surface area contributed by atoms with E-state index in [0.29, 0.717) is 0 Å². The summed E-state index contributed by atoms with van der Waals surface area (Å²) in [5.41, 5.74) is 0. The minimum atomic E-state index is -0.0911. The summed E-state index contributed by atoms with van der Waals surface area (Å²) in [6, 6.07) is 4.27. The van der Waals surface area contributed by atoms with E-state index >= 15 is 0 Å². The van der Waals surface area contributed by atoms with E-state index in [2.05, 4.69) is 34.3 Å². The number of aryl methyl sites for hydroxylation is 1. The maximum Gasteiger partial charge on any atom is 0.308 e. The summed E-state index contributed by atoms with van der Waals surface area (Å²) in [7, 11) is 3.26. The van der Waals surface area contributed by atoms with Crippen LogP contribution < -0.4 is 5.32 Å². The third-order valence-corrected chi connectivity index (χ3v) is 4.76. The van der Waals surface area contributed by atoms with Crippen molar-refractivity contribution >= 4 is 23.3 Å². The van der Waals surface area contributed by atoms with Gasteiger partial charge in [-0.15, -0.1) is 11.3 Å². The molecule has 0 aromatic carbocycles. The zero-order chi connectivity index (χ0) is 15.2. The average Bonchev–Trinajstić information content (AvgIpc) is 2.93. The molecular formula is C15H23N3O2S. The van der Waals surface area contributed by atoms with Crippen molar-refractivity contribution in [3.8, 4) is 0 Å². The lowest BCUT2D eigenvalue weighted by Crippen LogP contribution is -2.46. The number of carbonyl (C=O) groups is 1. The highest BCUT2D eigenvalue weighted by Crippen LogP contribution is 2.19. The van der Waals surface area contributed by atoms with E-state index < -0.39 is 0 Å². The van der Waals surface area contributed by atoms with E-state index in [0.717, 1.165) is 38.4 Å². The maximum absolute atomic E-state index is 11.5. The minimum absolute atomic E-state index is 0.0318. The summed E-state index contributed by atoms with van der Waals surface area (Å²) in [6.07, 6.45) is 1.65. The van der Waals surface area contributed by atoms with Crippen LogP contribution in [0.4, 0.5) is 0 Å². The summed E-state index contributed by atoms with van der Waals surface area (Å²) in [5, 5.41) is 3.40. The third kappa shape index (κ3) is 4.20. The van der Waals surface area contributed by atoms with Crippen LogP contribution in [0.3, 0.4) is 0 Å². The van der Waals surface area contributed by atoms with Crippen molar-refractivity contribution in [1.29, 1.82) is 0 Å². The Hall–Kier alpha value is -1.56. The highest BCUT2D eigenvalue weighted by atomic mass is 32.1. The van der Waals surface area contributed by atoms with Crippen molar-refractivity contribution in [2.45, 2.75) is 26.3 Å². The summed E-state index contributed by atoms with van der Waals surface area (Å²) < 4.78 is 4.82. The molecule has 0 atom stereocenters. The van der Waals surface area contributed by atoms with Gasteiger partial charge in [0.25, 0.3) is 0 Å². The molecule has 0 spiro atoms. The number of piperidine rings is 1. The zero-order valence-electron chi connectivity index (χ0n) is 12.9. The smallest absolute Gasteiger partial charge is 0.308 e. The first-order chi connectivity index (χ1) is 10.1. The predicted molar refractivity (Wildman–Crippen MR) is 85.6 cm³/mol. The van der Waals surface area contributed by atoms with Crippen molar-refractivity contribution in [1.82, 2.24) is 10.2 Å². The van der Waals surface area contributed by atoms with Gasteiger partial charge in [-0.25, -0.2) is 0 Å². The minimum Gasteiger partial charge on any atom is -0.469 e. The lowest BCUT2D eigenvalue weighted by Gasteiger charge is -2.33. The number of methoxy groups -OCH3 is 1. The first kappa shape index (κ1) is 15.8. The molecule has 0 aliphatic carbocycles. The molecule has 21 heavy (non-hydrogen) atoms. The standard InChI is InChI=1S/C15H23N3O2S/c1-11-4-5-13(21-11)10-17-15(16-2)18-8-6-12(7-9-18)14(19)20-3/h4-5,12H,6-10H2,1-3H3,(H,16,17). The van der Waals surface area contributed by atoms with Crippen molar-refractivity contribution in [3.63, 3.8) is 0 Å². The van der Waals surface area contributed by atoms with Crippen LogP contribution in [0.5, 0.6) is 0 Å². The van der Waals surface area contributed by atoms with Gasteiger partial charge in [0.15, 0.2) is 5.96 Å². The van der Waals surface area contributed by atoms with Gasteiger partial charge in [-0.2, -0.15) is 0 Å². The summed E-state index contributed by atoms with van der Waals surface area (Å²) in [6.45, 7) is 4.58. The number of nitrogens with one attached hydrogen (secondary N) is 1. The molecule has 1 fully saturated rings. The molecule has 5 nitrogen and oxygen atoms in total. The Labute approximate surface area is 130 Å². The summed E-state index contributed by atoms with van der Waals surface area (Å²) in [4.78, 5) is 20.7. The van der Waals surface area contributed by atoms with Crippen molar-refractivity contribution in [3.05, 3.63) is 21.9 Å². The molecule has 1 saturated heterocycles. The van der Waals surface area contributed by atoms with E-state index in [9.17, 15) is 4.79 Å². The van der Waals surface area contributed by atoms with Crippen LogP contribution in [0, 0.1) is 12.8 Å². The number of thiophene rings is 1. The molecule has 1 aromatic rings. The topological polar surface area (TPSA) is 53.9 Å². The van der Waals surface area contributed by atoms with Crippen LogP contribution in [0.25, 0.3) is 0 Å². The average molecular weight is 309 g/mol. The fourth-order valence-electron chi connectivity index (χ4n) is 2.57. The number of nitrogens with zero attached hydrogens (tertiary/aromatic N) is 2. The van der Waals surface area contributed by atoms with E-state index in [1.807, 2.05) is 0 Å². The van der Waals surface area contributed by atoms with Crippen LogP contribution in [-0.2, 0) is 16.1 Å². The molecule has 116 valence electrons. The summed E-state index contributed by atoms with van der Waals surface area (Å²) >= 11 is 1.80. The summed E-state index contributed by atoms with van der Waals surface area (Å²) in [5.74, 6) is 0.848. The molecule has 0 saturated carbocycles. The van der Waals surface area contributed by atoms with Crippen LogP contribution in [-0.4, -0.2) is 44.1 Å². The van der Waals surface area contributed by atoms with Gasteiger partial charge in [-0.1, -0.05) is 0 Å². The number of esters is 1. The number of aliphatic imine (C=N–C) groups is 1.